The van der Waals surface area contributed by atoms with E-state index in [-0.39, 0.29) is 35.1 Å². The summed E-state index contributed by atoms with van der Waals surface area (Å²) in [6, 6.07) is 13.0. The van der Waals surface area contributed by atoms with E-state index >= 15 is 0 Å². The molecule has 4 aliphatic rings. The van der Waals surface area contributed by atoms with Crippen LogP contribution in [0.1, 0.15) is 61.6 Å². The highest BCUT2D eigenvalue weighted by atomic mass is 16.5. The first-order valence-electron chi connectivity index (χ1n) is 10.7. The highest BCUT2D eigenvalue weighted by Gasteiger charge is 2.61. The minimum atomic E-state index is -0.720. The normalized spacial score (nSPS) is 32.7. The smallest absolute Gasteiger partial charge is 0.258 e. The summed E-state index contributed by atoms with van der Waals surface area (Å²) in [5.41, 5.74) is 0.477. The number of fused-ring (bicyclic) bond motifs is 3. The lowest BCUT2D eigenvalue weighted by Crippen LogP contribution is -2.69. The van der Waals surface area contributed by atoms with E-state index in [9.17, 15) is 9.59 Å². The topological polar surface area (TPSA) is 80.3 Å². The molecule has 2 aromatic rings. The van der Waals surface area contributed by atoms with Crippen LogP contribution >= 0.6 is 0 Å². The molecule has 5 atom stereocenters. The van der Waals surface area contributed by atoms with Gasteiger partial charge in [0.05, 0.1) is 17.3 Å². The van der Waals surface area contributed by atoms with E-state index in [1.165, 1.54) is 0 Å². The largest absolute Gasteiger partial charge is 0.467 e. The average Bonchev–Trinajstić information content (AvgIpc) is 2.74. The predicted molar refractivity (Wildman–Crippen MR) is 112 cm³/mol. The van der Waals surface area contributed by atoms with Gasteiger partial charge < -0.3 is 15.4 Å². The maximum absolute atomic E-state index is 13.2. The van der Waals surface area contributed by atoms with Crippen molar-refractivity contribution >= 4 is 11.8 Å². The van der Waals surface area contributed by atoms with Crippen molar-refractivity contribution in [3.05, 3.63) is 59.9 Å². The molecule has 3 fully saturated rings. The third-order valence-corrected chi connectivity index (χ3v) is 7.31. The summed E-state index contributed by atoms with van der Waals surface area (Å²) < 4.78 is 6.43. The number of ether oxygens (including phenoxy) is 1. The van der Waals surface area contributed by atoms with Gasteiger partial charge in [0.1, 0.15) is 5.75 Å². The number of hydrogen-bond acceptors (Lipinski definition) is 4. The van der Waals surface area contributed by atoms with Crippen molar-refractivity contribution < 1.29 is 14.3 Å². The first-order valence-corrected chi connectivity index (χ1v) is 10.7. The summed E-state index contributed by atoms with van der Waals surface area (Å²) in [7, 11) is 0. The summed E-state index contributed by atoms with van der Waals surface area (Å²) in [5.74, 6) is 0.626. The van der Waals surface area contributed by atoms with Gasteiger partial charge in [-0.2, -0.15) is 0 Å². The standard InChI is InChI=1S/C24H27N3O3/c1-15(19-8-5-6-12-25-19)26-22(29)18-13-16-10-11-23(18,2)14-24(16)27-21(28)17-7-3-4-9-20(17)30-24/h3-9,12,15-16,18H,10-11,13-14H2,1-2H3,(H,26,29)(H,27,28)/t15-,16+,18+,23-,24-/m0/s1. The molecule has 3 saturated carbocycles. The molecule has 30 heavy (non-hydrogen) atoms. The minimum Gasteiger partial charge on any atom is -0.467 e. The molecule has 2 amide bonds. The molecule has 156 valence electrons. The van der Waals surface area contributed by atoms with Gasteiger partial charge in [-0.25, -0.2) is 0 Å². The van der Waals surface area contributed by atoms with E-state index in [2.05, 4.69) is 22.5 Å². The van der Waals surface area contributed by atoms with Crippen molar-refractivity contribution in [3.63, 3.8) is 0 Å². The third-order valence-electron chi connectivity index (χ3n) is 7.31. The number of aromatic nitrogens is 1. The zero-order chi connectivity index (χ0) is 20.9. The highest BCUT2D eigenvalue weighted by Crippen LogP contribution is 2.59. The van der Waals surface area contributed by atoms with Crippen LogP contribution in [0.4, 0.5) is 0 Å². The number of nitrogens with zero attached hydrogens (tertiary/aromatic N) is 1. The molecule has 0 radical (unpaired) electrons. The van der Waals surface area contributed by atoms with E-state index in [4.69, 9.17) is 4.74 Å². The summed E-state index contributed by atoms with van der Waals surface area (Å²) in [4.78, 5) is 30.4. The Morgan fingerprint density at radius 2 is 2.07 bits per heavy atom. The van der Waals surface area contributed by atoms with E-state index in [1.54, 1.807) is 12.3 Å². The van der Waals surface area contributed by atoms with Gasteiger partial charge in [0.25, 0.3) is 5.91 Å². The molecule has 2 heterocycles. The molecular formula is C24H27N3O3. The molecule has 1 aromatic heterocycles. The molecule has 6 rings (SSSR count). The fourth-order valence-electron chi connectivity index (χ4n) is 5.68. The summed E-state index contributed by atoms with van der Waals surface area (Å²) in [6.45, 7) is 4.13. The van der Waals surface area contributed by atoms with Gasteiger partial charge in [0.15, 0.2) is 5.72 Å². The minimum absolute atomic E-state index is 0.0674. The Bertz CT molecular complexity index is 994. The maximum atomic E-state index is 13.2. The molecule has 3 aliphatic carbocycles. The van der Waals surface area contributed by atoms with Gasteiger partial charge in [0.2, 0.25) is 5.91 Å². The van der Waals surface area contributed by atoms with Crippen molar-refractivity contribution in [2.45, 2.75) is 51.3 Å². The van der Waals surface area contributed by atoms with Crippen LogP contribution < -0.4 is 15.4 Å². The third kappa shape index (κ3) is 2.97. The fraction of sp³-hybridized carbons (Fsp3) is 0.458. The van der Waals surface area contributed by atoms with Crippen LogP contribution in [0.3, 0.4) is 0 Å². The number of hydrogen-bond donors (Lipinski definition) is 2. The molecule has 0 saturated heterocycles. The van der Waals surface area contributed by atoms with Crippen LogP contribution in [0.5, 0.6) is 5.75 Å². The number of pyridine rings is 1. The van der Waals surface area contributed by atoms with Crippen LogP contribution in [-0.4, -0.2) is 22.5 Å². The van der Waals surface area contributed by atoms with Crippen molar-refractivity contribution in [3.8, 4) is 5.75 Å². The average molecular weight is 405 g/mol. The molecule has 6 heteroatoms. The molecular weight excluding hydrogens is 378 g/mol. The Hall–Kier alpha value is -2.89. The Morgan fingerprint density at radius 1 is 1.27 bits per heavy atom. The molecule has 1 aliphatic heterocycles. The molecule has 1 spiro atoms. The molecule has 1 aromatic carbocycles. The van der Waals surface area contributed by atoms with Gasteiger partial charge >= 0.3 is 0 Å². The fourth-order valence-corrected chi connectivity index (χ4v) is 5.68. The lowest BCUT2D eigenvalue weighted by Gasteiger charge is -2.59. The number of rotatable bonds is 3. The second-order valence-corrected chi connectivity index (χ2v) is 9.28. The van der Waals surface area contributed by atoms with Crippen LogP contribution in [-0.2, 0) is 4.79 Å². The Labute approximate surface area is 176 Å². The van der Waals surface area contributed by atoms with E-state index < -0.39 is 5.72 Å². The zero-order valence-corrected chi connectivity index (χ0v) is 17.4. The van der Waals surface area contributed by atoms with E-state index in [1.807, 2.05) is 43.3 Å². The number of amides is 2. The van der Waals surface area contributed by atoms with E-state index in [0.717, 1.165) is 18.5 Å². The first kappa shape index (κ1) is 19.1. The maximum Gasteiger partial charge on any atom is 0.258 e. The lowest BCUT2D eigenvalue weighted by molar-refractivity contribution is -0.167. The Kier molecular flexibility index (Phi) is 4.34. The zero-order valence-electron chi connectivity index (χ0n) is 17.4. The molecule has 6 nitrogen and oxygen atoms in total. The van der Waals surface area contributed by atoms with Crippen LogP contribution in [0.2, 0.25) is 0 Å². The van der Waals surface area contributed by atoms with Crippen LogP contribution in [0, 0.1) is 17.3 Å². The molecule has 0 unspecified atom stereocenters. The number of benzene rings is 1. The second kappa shape index (κ2) is 6.83. The van der Waals surface area contributed by atoms with Crippen molar-refractivity contribution in [2.24, 2.45) is 17.3 Å². The summed E-state index contributed by atoms with van der Waals surface area (Å²) in [5, 5.41) is 6.33. The van der Waals surface area contributed by atoms with Crippen molar-refractivity contribution in [1.29, 1.82) is 0 Å². The lowest BCUT2D eigenvalue weighted by atomic mass is 9.52. The summed E-state index contributed by atoms with van der Waals surface area (Å²) in [6.07, 6.45) is 4.99. The molecule has 2 N–H and O–H groups in total. The number of nitrogens with one attached hydrogen (secondary N) is 2. The van der Waals surface area contributed by atoms with E-state index in [0.29, 0.717) is 24.2 Å². The molecule has 2 bridgehead atoms. The quantitative estimate of drug-likeness (QED) is 0.818. The van der Waals surface area contributed by atoms with Gasteiger partial charge in [-0.3, -0.25) is 14.6 Å². The van der Waals surface area contributed by atoms with Crippen molar-refractivity contribution in [1.82, 2.24) is 15.6 Å². The Morgan fingerprint density at radius 3 is 2.83 bits per heavy atom. The number of carbonyl (C=O) groups is 2. The number of carbonyl (C=O) groups excluding carboxylic acids is 2. The van der Waals surface area contributed by atoms with Crippen molar-refractivity contribution in [2.75, 3.05) is 0 Å². The van der Waals surface area contributed by atoms with Crippen LogP contribution in [0.25, 0.3) is 0 Å². The SMILES string of the molecule is C[C@H](NC(=O)[C@H]1C[C@H]2CC[C@@]1(C)C[C@@]21NC(=O)c2ccccc2O1)c1ccccn1. The van der Waals surface area contributed by atoms with Gasteiger partial charge in [-0.15, -0.1) is 0 Å². The Balaban J connectivity index is 1.37. The van der Waals surface area contributed by atoms with Gasteiger partial charge in [0, 0.05) is 24.5 Å². The van der Waals surface area contributed by atoms with Gasteiger partial charge in [-0.1, -0.05) is 25.1 Å². The number of para-hydroxylation sites is 1. The first-order chi connectivity index (χ1) is 14.4. The second-order valence-electron chi connectivity index (χ2n) is 9.28. The highest BCUT2D eigenvalue weighted by molar-refractivity contribution is 5.98. The predicted octanol–water partition coefficient (Wildman–Crippen LogP) is 3.60. The van der Waals surface area contributed by atoms with Gasteiger partial charge in [-0.05, 0) is 55.9 Å². The monoisotopic (exact) mass is 405 g/mol. The summed E-state index contributed by atoms with van der Waals surface area (Å²) >= 11 is 0. The van der Waals surface area contributed by atoms with Crippen LogP contribution in [0.15, 0.2) is 48.7 Å².